The van der Waals surface area contributed by atoms with E-state index in [1.54, 1.807) is 31.6 Å². The molecule has 22 heavy (non-hydrogen) atoms. The number of carbonyl (C=O) groups excluding carboxylic acids is 1. The number of hydrogen-bond acceptors (Lipinski definition) is 3. The van der Waals surface area contributed by atoms with Crippen LogP contribution in [0.25, 0.3) is 0 Å². The van der Waals surface area contributed by atoms with Gasteiger partial charge in [-0.1, -0.05) is 25.0 Å². The number of amides is 1. The highest BCUT2D eigenvalue weighted by Crippen LogP contribution is 2.39. The minimum Gasteiger partial charge on any atom is -0.497 e. The molecular formula is C18H20N2O2. The minimum absolute atomic E-state index is 0.0416. The van der Waals surface area contributed by atoms with Gasteiger partial charge < -0.3 is 10.1 Å². The number of hydrogen-bond donors (Lipinski definition) is 1. The number of ether oxygens (including phenoxy) is 1. The molecule has 114 valence electrons. The zero-order chi connectivity index (χ0) is 15.4. The van der Waals surface area contributed by atoms with Crippen molar-refractivity contribution in [3.05, 3.63) is 59.9 Å². The number of carbonyl (C=O) groups is 1. The summed E-state index contributed by atoms with van der Waals surface area (Å²) in [5, 5.41) is 3.25. The minimum atomic E-state index is -0.271. The maximum atomic E-state index is 12.5. The molecule has 0 spiro atoms. The fourth-order valence-corrected chi connectivity index (χ4v) is 3.17. The van der Waals surface area contributed by atoms with Crippen molar-refractivity contribution in [3.8, 4) is 5.75 Å². The summed E-state index contributed by atoms with van der Waals surface area (Å²) in [4.78, 5) is 16.5. The van der Waals surface area contributed by atoms with Gasteiger partial charge in [-0.05, 0) is 42.7 Å². The Morgan fingerprint density at radius 1 is 1.09 bits per heavy atom. The lowest BCUT2D eigenvalue weighted by molar-refractivity contribution is 0.0898. The van der Waals surface area contributed by atoms with Gasteiger partial charge in [-0.3, -0.25) is 9.78 Å². The van der Waals surface area contributed by atoms with E-state index < -0.39 is 0 Å². The van der Waals surface area contributed by atoms with Gasteiger partial charge in [-0.25, -0.2) is 0 Å². The highest BCUT2D eigenvalue weighted by molar-refractivity contribution is 5.94. The average molecular weight is 296 g/mol. The first-order chi connectivity index (χ1) is 10.7. The van der Waals surface area contributed by atoms with Gasteiger partial charge in [-0.2, -0.15) is 0 Å². The Bertz CT molecular complexity index is 632. The number of benzene rings is 1. The van der Waals surface area contributed by atoms with E-state index in [0.29, 0.717) is 5.56 Å². The van der Waals surface area contributed by atoms with Crippen LogP contribution in [0.1, 0.15) is 41.6 Å². The van der Waals surface area contributed by atoms with Crippen LogP contribution in [0, 0.1) is 0 Å². The Morgan fingerprint density at radius 2 is 1.73 bits per heavy atom. The topological polar surface area (TPSA) is 51.2 Å². The van der Waals surface area contributed by atoms with Crippen LogP contribution in [0.4, 0.5) is 0 Å². The molecule has 1 fully saturated rings. The van der Waals surface area contributed by atoms with Crippen LogP contribution in [0.15, 0.2) is 48.8 Å². The summed E-state index contributed by atoms with van der Waals surface area (Å²) in [6.45, 7) is 0. The van der Waals surface area contributed by atoms with Gasteiger partial charge in [0.2, 0.25) is 0 Å². The summed E-state index contributed by atoms with van der Waals surface area (Å²) in [6, 6.07) is 11.5. The zero-order valence-electron chi connectivity index (χ0n) is 12.7. The van der Waals surface area contributed by atoms with Gasteiger partial charge in [0.15, 0.2) is 0 Å². The van der Waals surface area contributed by atoms with Crippen LogP contribution in [-0.4, -0.2) is 18.0 Å². The number of rotatable bonds is 4. The number of aromatic nitrogens is 1. The standard InChI is InChI=1S/C18H20N2O2/c1-22-16-6-4-15(5-7-16)18(10-2-3-11-18)20-17(21)14-8-12-19-13-9-14/h4-9,12-13H,2-3,10-11H2,1H3,(H,20,21). The van der Waals surface area contributed by atoms with E-state index >= 15 is 0 Å². The molecule has 2 aromatic rings. The van der Waals surface area contributed by atoms with E-state index in [9.17, 15) is 4.79 Å². The van der Waals surface area contributed by atoms with Crippen molar-refractivity contribution in [2.75, 3.05) is 7.11 Å². The molecule has 1 aromatic heterocycles. The molecular weight excluding hydrogens is 276 g/mol. The van der Waals surface area contributed by atoms with Gasteiger partial charge in [0.25, 0.3) is 5.91 Å². The summed E-state index contributed by atoms with van der Waals surface area (Å²) < 4.78 is 5.22. The van der Waals surface area contributed by atoms with Crippen molar-refractivity contribution in [2.24, 2.45) is 0 Å². The molecule has 0 aliphatic heterocycles. The summed E-state index contributed by atoms with van der Waals surface area (Å²) in [5.41, 5.74) is 1.52. The third-order valence-corrected chi connectivity index (χ3v) is 4.40. The van der Waals surface area contributed by atoms with Gasteiger partial charge >= 0.3 is 0 Å². The van der Waals surface area contributed by atoms with E-state index in [1.807, 2.05) is 12.1 Å². The zero-order valence-corrected chi connectivity index (χ0v) is 12.7. The highest BCUT2D eigenvalue weighted by atomic mass is 16.5. The Labute approximate surface area is 130 Å². The number of nitrogens with zero attached hydrogens (tertiary/aromatic N) is 1. The smallest absolute Gasteiger partial charge is 0.252 e. The molecule has 0 bridgehead atoms. The van der Waals surface area contributed by atoms with Crippen molar-refractivity contribution < 1.29 is 9.53 Å². The molecule has 0 unspecified atom stereocenters. The largest absolute Gasteiger partial charge is 0.497 e. The normalized spacial score (nSPS) is 16.2. The van der Waals surface area contributed by atoms with Crippen LogP contribution in [-0.2, 0) is 5.54 Å². The summed E-state index contributed by atoms with van der Waals surface area (Å²) in [7, 11) is 1.66. The fourth-order valence-electron chi connectivity index (χ4n) is 3.17. The van der Waals surface area contributed by atoms with Gasteiger partial charge in [-0.15, -0.1) is 0 Å². The molecule has 1 saturated carbocycles. The Balaban J connectivity index is 1.86. The molecule has 4 nitrogen and oxygen atoms in total. The Morgan fingerprint density at radius 3 is 2.32 bits per heavy atom. The second-order valence-corrected chi connectivity index (χ2v) is 5.71. The van der Waals surface area contributed by atoms with Crippen molar-refractivity contribution >= 4 is 5.91 Å². The predicted molar refractivity (Wildman–Crippen MR) is 84.8 cm³/mol. The van der Waals surface area contributed by atoms with E-state index in [0.717, 1.165) is 37.0 Å². The first-order valence-corrected chi connectivity index (χ1v) is 7.61. The SMILES string of the molecule is COc1ccc(C2(NC(=O)c3ccncc3)CCCC2)cc1. The molecule has 4 heteroatoms. The lowest BCUT2D eigenvalue weighted by Crippen LogP contribution is -2.43. The summed E-state index contributed by atoms with van der Waals surface area (Å²) >= 11 is 0. The Kier molecular flexibility index (Phi) is 4.09. The lowest BCUT2D eigenvalue weighted by atomic mass is 9.87. The molecule has 1 heterocycles. The van der Waals surface area contributed by atoms with E-state index in [2.05, 4.69) is 22.4 Å². The molecule has 1 aliphatic carbocycles. The van der Waals surface area contributed by atoms with E-state index in [4.69, 9.17) is 4.74 Å². The van der Waals surface area contributed by atoms with Crippen molar-refractivity contribution in [1.82, 2.24) is 10.3 Å². The second-order valence-electron chi connectivity index (χ2n) is 5.71. The third kappa shape index (κ3) is 2.82. The van der Waals surface area contributed by atoms with E-state index in [1.165, 1.54) is 0 Å². The van der Waals surface area contributed by atoms with Crippen molar-refractivity contribution in [1.29, 1.82) is 0 Å². The van der Waals surface area contributed by atoms with Crippen LogP contribution < -0.4 is 10.1 Å². The molecule has 3 rings (SSSR count). The molecule has 1 aliphatic rings. The van der Waals surface area contributed by atoms with E-state index in [-0.39, 0.29) is 11.4 Å². The van der Waals surface area contributed by atoms with Crippen molar-refractivity contribution in [3.63, 3.8) is 0 Å². The average Bonchev–Trinajstić information content (AvgIpc) is 3.05. The van der Waals surface area contributed by atoms with Crippen LogP contribution in [0.5, 0.6) is 5.75 Å². The maximum Gasteiger partial charge on any atom is 0.252 e. The van der Waals surface area contributed by atoms with Crippen LogP contribution >= 0.6 is 0 Å². The third-order valence-electron chi connectivity index (χ3n) is 4.40. The van der Waals surface area contributed by atoms with Crippen LogP contribution in [0.2, 0.25) is 0 Å². The van der Waals surface area contributed by atoms with Gasteiger partial charge in [0, 0.05) is 18.0 Å². The molecule has 1 N–H and O–H groups in total. The molecule has 0 saturated heterocycles. The lowest BCUT2D eigenvalue weighted by Gasteiger charge is -2.31. The second kappa shape index (κ2) is 6.18. The fraction of sp³-hybridized carbons (Fsp3) is 0.333. The molecule has 1 aromatic carbocycles. The van der Waals surface area contributed by atoms with Gasteiger partial charge in [0.1, 0.15) is 5.75 Å². The quantitative estimate of drug-likeness (QED) is 0.942. The van der Waals surface area contributed by atoms with Crippen molar-refractivity contribution in [2.45, 2.75) is 31.2 Å². The molecule has 0 radical (unpaired) electrons. The number of pyridine rings is 1. The predicted octanol–water partition coefficient (Wildman–Crippen LogP) is 3.29. The first kappa shape index (κ1) is 14.6. The monoisotopic (exact) mass is 296 g/mol. The first-order valence-electron chi connectivity index (χ1n) is 7.61. The van der Waals surface area contributed by atoms with Crippen LogP contribution in [0.3, 0.4) is 0 Å². The summed E-state index contributed by atoms with van der Waals surface area (Å²) in [6.07, 6.45) is 7.48. The highest BCUT2D eigenvalue weighted by Gasteiger charge is 2.37. The molecule has 1 amide bonds. The number of methoxy groups -OCH3 is 1. The summed E-state index contributed by atoms with van der Waals surface area (Å²) in [5.74, 6) is 0.789. The maximum absolute atomic E-state index is 12.5. The Hall–Kier alpha value is -2.36. The molecule has 0 atom stereocenters. The van der Waals surface area contributed by atoms with Gasteiger partial charge in [0.05, 0.1) is 12.6 Å². The number of nitrogens with one attached hydrogen (secondary N) is 1.